The van der Waals surface area contributed by atoms with Gasteiger partial charge in [-0.3, -0.25) is 4.90 Å². The van der Waals surface area contributed by atoms with Crippen LogP contribution in [-0.4, -0.2) is 18.5 Å². The van der Waals surface area contributed by atoms with Gasteiger partial charge in [-0.2, -0.15) is 0 Å². The summed E-state index contributed by atoms with van der Waals surface area (Å²) in [7, 11) is 2.26. The number of hydrogen-bond acceptors (Lipinski definition) is 3. The fraction of sp³-hybridized carbons (Fsp3) is 0.412. The lowest BCUT2D eigenvalue weighted by atomic mass is 9.97. The number of nitrogens with zero attached hydrogens (tertiary/aromatic N) is 1. The van der Waals surface area contributed by atoms with Crippen LogP contribution in [0.4, 0.5) is 0 Å². The number of hydrogen-bond donors (Lipinski definition) is 1. The van der Waals surface area contributed by atoms with Crippen LogP contribution in [-0.2, 0) is 6.54 Å². The van der Waals surface area contributed by atoms with Gasteiger partial charge >= 0.3 is 0 Å². The second kappa shape index (κ2) is 6.08. The highest BCUT2D eigenvalue weighted by Gasteiger charge is 2.25. The Morgan fingerprint density at radius 3 is 2.90 bits per heavy atom. The van der Waals surface area contributed by atoms with Gasteiger partial charge in [0, 0.05) is 23.5 Å². The van der Waals surface area contributed by atoms with E-state index in [2.05, 4.69) is 66.0 Å². The maximum Gasteiger partial charge on any atom is 0.0416 e. The molecule has 2 nitrogen and oxygen atoms in total. The first-order valence-electron chi connectivity index (χ1n) is 7.31. The van der Waals surface area contributed by atoms with E-state index in [1.807, 2.05) is 11.3 Å². The van der Waals surface area contributed by atoms with E-state index in [0.29, 0.717) is 12.1 Å². The van der Waals surface area contributed by atoms with Crippen LogP contribution in [0.1, 0.15) is 41.4 Å². The average Bonchev–Trinajstić information content (AvgIpc) is 2.93. The molecule has 2 unspecified atom stereocenters. The zero-order chi connectivity index (χ0) is 13.9. The van der Waals surface area contributed by atoms with E-state index < -0.39 is 0 Å². The summed E-state index contributed by atoms with van der Waals surface area (Å²) in [4.78, 5) is 3.97. The van der Waals surface area contributed by atoms with Crippen LogP contribution in [0.25, 0.3) is 0 Å². The summed E-state index contributed by atoms with van der Waals surface area (Å²) in [6.45, 7) is 4.39. The zero-order valence-corrected chi connectivity index (χ0v) is 13.0. The maximum absolute atomic E-state index is 3.54. The number of thiophene rings is 1. The summed E-state index contributed by atoms with van der Waals surface area (Å²) < 4.78 is 0. The van der Waals surface area contributed by atoms with Crippen molar-refractivity contribution < 1.29 is 0 Å². The lowest BCUT2D eigenvalue weighted by Crippen LogP contribution is -2.28. The Labute approximate surface area is 125 Å². The van der Waals surface area contributed by atoms with Gasteiger partial charge in [-0.15, -0.1) is 11.3 Å². The van der Waals surface area contributed by atoms with E-state index in [0.717, 1.165) is 13.1 Å². The van der Waals surface area contributed by atoms with Crippen molar-refractivity contribution in [1.29, 1.82) is 0 Å². The van der Waals surface area contributed by atoms with Crippen molar-refractivity contribution in [2.45, 2.75) is 32.0 Å². The topological polar surface area (TPSA) is 15.3 Å². The first-order chi connectivity index (χ1) is 9.77. The Morgan fingerprint density at radius 1 is 1.25 bits per heavy atom. The number of rotatable bonds is 3. The Bertz CT molecular complexity index is 550. The highest BCUT2D eigenvalue weighted by molar-refractivity contribution is 7.10. The minimum absolute atomic E-state index is 0.464. The molecule has 1 aliphatic heterocycles. The summed E-state index contributed by atoms with van der Waals surface area (Å²) >= 11 is 1.85. The molecule has 1 aromatic carbocycles. The molecule has 2 heterocycles. The van der Waals surface area contributed by atoms with Gasteiger partial charge < -0.3 is 5.32 Å². The summed E-state index contributed by atoms with van der Waals surface area (Å²) in [5.74, 6) is 0. The van der Waals surface area contributed by atoms with Gasteiger partial charge in [0.05, 0.1) is 0 Å². The molecule has 0 radical (unpaired) electrons. The number of nitrogens with one attached hydrogen (secondary N) is 1. The van der Waals surface area contributed by atoms with E-state index in [4.69, 9.17) is 0 Å². The number of fused-ring (bicyclic) bond motifs is 1. The van der Waals surface area contributed by atoms with Crippen LogP contribution in [0.15, 0.2) is 41.8 Å². The largest absolute Gasteiger partial charge is 0.313 e. The smallest absolute Gasteiger partial charge is 0.0416 e. The summed E-state index contributed by atoms with van der Waals surface area (Å²) in [6, 6.07) is 14.2. The first kappa shape index (κ1) is 13.8. The zero-order valence-electron chi connectivity index (χ0n) is 12.2. The van der Waals surface area contributed by atoms with Crippen molar-refractivity contribution in [2.24, 2.45) is 0 Å². The molecule has 0 spiro atoms. The second-order valence-corrected chi connectivity index (χ2v) is 6.52. The maximum atomic E-state index is 3.54. The third-order valence-electron chi connectivity index (χ3n) is 4.38. The van der Waals surface area contributed by atoms with Crippen molar-refractivity contribution >= 4 is 11.3 Å². The number of benzene rings is 1. The van der Waals surface area contributed by atoms with Gasteiger partial charge in [0.2, 0.25) is 0 Å². The average molecular weight is 286 g/mol. The van der Waals surface area contributed by atoms with Gasteiger partial charge in [0.25, 0.3) is 0 Å². The van der Waals surface area contributed by atoms with Crippen LogP contribution >= 0.6 is 11.3 Å². The lowest BCUT2D eigenvalue weighted by molar-refractivity contribution is 0.180. The molecule has 1 aliphatic rings. The molecule has 3 rings (SSSR count). The van der Waals surface area contributed by atoms with Crippen LogP contribution in [0, 0.1) is 0 Å². The summed E-state index contributed by atoms with van der Waals surface area (Å²) in [5, 5.41) is 5.71. The Kier molecular flexibility index (Phi) is 4.20. The SMILES string of the molecule is CC(c1cccs1)N(C)C1CCNCc2ccccc21. The summed E-state index contributed by atoms with van der Waals surface area (Å²) in [6.07, 6.45) is 1.17. The van der Waals surface area contributed by atoms with Gasteiger partial charge in [0.15, 0.2) is 0 Å². The molecule has 0 saturated carbocycles. The Hall–Kier alpha value is -1.16. The molecule has 0 bridgehead atoms. The van der Waals surface area contributed by atoms with E-state index in [-0.39, 0.29) is 0 Å². The van der Waals surface area contributed by atoms with Crippen molar-refractivity contribution in [2.75, 3.05) is 13.6 Å². The predicted molar refractivity (Wildman–Crippen MR) is 86.0 cm³/mol. The molecule has 20 heavy (non-hydrogen) atoms. The van der Waals surface area contributed by atoms with Crippen LogP contribution in [0.5, 0.6) is 0 Å². The molecule has 0 saturated heterocycles. The van der Waals surface area contributed by atoms with E-state index >= 15 is 0 Å². The molecule has 2 aromatic rings. The third kappa shape index (κ3) is 2.66. The minimum Gasteiger partial charge on any atom is -0.313 e. The fourth-order valence-corrected chi connectivity index (χ4v) is 3.89. The van der Waals surface area contributed by atoms with Crippen molar-refractivity contribution in [3.63, 3.8) is 0 Å². The first-order valence-corrected chi connectivity index (χ1v) is 8.19. The van der Waals surface area contributed by atoms with Crippen LogP contribution < -0.4 is 5.32 Å². The van der Waals surface area contributed by atoms with E-state index in [1.54, 1.807) is 0 Å². The molecule has 106 valence electrons. The minimum atomic E-state index is 0.464. The highest BCUT2D eigenvalue weighted by Crippen LogP contribution is 2.35. The fourth-order valence-electron chi connectivity index (χ4n) is 3.06. The van der Waals surface area contributed by atoms with Crippen molar-refractivity contribution in [3.05, 3.63) is 57.8 Å². The van der Waals surface area contributed by atoms with Crippen molar-refractivity contribution in [3.8, 4) is 0 Å². The monoisotopic (exact) mass is 286 g/mol. The molecule has 1 N–H and O–H groups in total. The molecule has 0 aliphatic carbocycles. The molecule has 0 fully saturated rings. The molecule has 2 atom stereocenters. The van der Waals surface area contributed by atoms with E-state index in [9.17, 15) is 0 Å². The van der Waals surface area contributed by atoms with Gasteiger partial charge in [-0.25, -0.2) is 0 Å². The van der Waals surface area contributed by atoms with E-state index in [1.165, 1.54) is 22.4 Å². The Balaban J connectivity index is 1.89. The molecule has 3 heteroatoms. The Morgan fingerprint density at radius 2 is 2.10 bits per heavy atom. The molecular weight excluding hydrogens is 264 g/mol. The molecule has 1 aromatic heterocycles. The van der Waals surface area contributed by atoms with Gasteiger partial charge in [-0.05, 0) is 49.5 Å². The highest BCUT2D eigenvalue weighted by atomic mass is 32.1. The van der Waals surface area contributed by atoms with Crippen molar-refractivity contribution in [1.82, 2.24) is 10.2 Å². The summed E-state index contributed by atoms with van der Waals surface area (Å²) in [5.41, 5.74) is 2.93. The second-order valence-electron chi connectivity index (χ2n) is 5.54. The predicted octanol–water partition coefficient (Wildman–Crippen LogP) is 3.98. The standard InChI is InChI=1S/C17H22N2S/c1-13(17-8-5-11-20-17)19(2)16-9-10-18-12-14-6-3-4-7-15(14)16/h3-8,11,13,16,18H,9-10,12H2,1-2H3. The van der Waals surface area contributed by atoms with Crippen LogP contribution in [0.2, 0.25) is 0 Å². The van der Waals surface area contributed by atoms with Gasteiger partial charge in [0.1, 0.15) is 0 Å². The van der Waals surface area contributed by atoms with Gasteiger partial charge in [-0.1, -0.05) is 30.3 Å². The van der Waals surface area contributed by atoms with Crippen LogP contribution in [0.3, 0.4) is 0 Å². The quantitative estimate of drug-likeness (QED) is 0.918. The third-order valence-corrected chi connectivity index (χ3v) is 5.42. The molecule has 0 amide bonds. The normalized spacial score (nSPS) is 20.4. The lowest BCUT2D eigenvalue weighted by Gasteiger charge is -2.33. The molecular formula is C17H22N2S.